The van der Waals surface area contributed by atoms with Crippen LogP contribution in [0.4, 0.5) is 0 Å². The van der Waals surface area contributed by atoms with Crippen LogP contribution in [-0.2, 0) is 20.0 Å². The molecule has 1 rings (SSSR count). The number of primary sulfonamides is 2. The Hall–Kier alpha value is -1.22. The fraction of sp³-hybridized carbons (Fsp3) is 0. The fourth-order valence-corrected chi connectivity index (χ4v) is 2.91. The van der Waals surface area contributed by atoms with E-state index < -0.39 is 24.3 Å². The molecular formula is C8H10N2O4S2. The molecule has 0 aliphatic heterocycles. The van der Waals surface area contributed by atoms with Crippen molar-refractivity contribution in [3.05, 3.63) is 40.1 Å². The molecule has 0 fully saturated rings. The number of rotatable bonds is 3. The quantitative estimate of drug-likeness (QED) is 0.767. The summed E-state index contributed by atoms with van der Waals surface area (Å²) in [6.07, 6.45) is 0.907. The molecule has 0 radical (unpaired) electrons. The summed E-state index contributed by atoms with van der Waals surface area (Å²) in [6.45, 7) is 0. The second-order valence-corrected chi connectivity index (χ2v) is 6.28. The highest BCUT2D eigenvalue weighted by molar-refractivity contribution is 8.12. The van der Waals surface area contributed by atoms with E-state index >= 15 is 0 Å². The Balaban J connectivity index is 3.42. The van der Waals surface area contributed by atoms with Gasteiger partial charge in [-0.1, -0.05) is 30.3 Å². The monoisotopic (exact) mass is 262 g/mol. The lowest BCUT2D eigenvalue weighted by Gasteiger charge is -2.01. The van der Waals surface area contributed by atoms with E-state index in [2.05, 4.69) is 0 Å². The van der Waals surface area contributed by atoms with Crippen LogP contribution < -0.4 is 10.3 Å². The van der Waals surface area contributed by atoms with Crippen LogP contribution in [-0.4, -0.2) is 16.8 Å². The molecule has 0 saturated heterocycles. The van der Waals surface area contributed by atoms with E-state index in [4.69, 9.17) is 10.3 Å². The zero-order valence-corrected chi connectivity index (χ0v) is 9.70. The molecular weight excluding hydrogens is 252 g/mol. The van der Waals surface area contributed by atoms with Gasteiger partial charge >= 0.3 is 0 Å². The summed E-state index contributed by atoms with van der Waals surface area (Å²) in [6, 6.07) is 7.99. The number of nitrogens with two attached hydrogens (primary N) is 2. The van der Waals surface area contributed by atoms with Crippen molar-refractivity contribution < 1.29 is 16.8 Å². The molecule has 0 spiro atoms. The van der Waals surface area contributed by atoms with Crippen LogP contribution in [0.3, 0.4) is 0 Å². The van der Waals surface area contributed by atoms with Crippen LogP contribution in [0.5, 0.6) is 0 Å². The highest BCUT2D eigenvalue weighted by Crippen LogP contribution is 2.13. The molecule has 0 unspecified atom stereocenters. The average Bonchev–Trinajstić information content (AvgIpc) is 2.12. The molecule has 4 N–H and O–H groups in total. The summed E-state index contributed by atoms with van der Waals surface area (Å²) >= 11 is 0. The molecule has 16 heavy (non-hydrogen) atoms. The molecule has 0 heterocycles. The van der Waals surface area contributed by atoms with E-state index in [9.17, 15) is 16.8 Å². The number of hydrogen-bond acceptors (Lipinski definition) is 4. The van der Waals surface area contributed by atoms with Crippen molar-refractivity contribution in [3.63, 3.8) is 0 Å². The van der Waals surface area contributed by atoms with Gasteiger partial charge in [-0.05, 0) is 11.6 Å². The topological polar surface area (TPSA) is 120 Å². The Kier molecular flexibility index (Phi) is 3.48. The molecule has 1 aromatic carbocycles. The standard InChI is InChI=1S/C8H10N2O4S2/c9-15(11,12)8(16(10,13)14)6-7-4-2-1-3-5-7/h1-6H,(H2,9,11,12)(H2,10,13,14). The molecule has 0 bridgehead atoms. The van der Waals surface area contributed by atoms with Crippen molar-refractivity contribution in [2.75, 3.05) is 0 Å². The van der Waals surface area contributed by atoms with Crippen LogP contribution in [0.15, 0.2) is 34.6 Å². The minimum atomic E-state index is -4.37. The first-order chi connectivity index (χ1) is 7.21. The molecule has 0 aromatic heterocycles. The van der Waals surface area contributed by atoms with Gasteiger partial charge in [0.25, 0.3) is 0 Å². The third kappa shape index (κ3) is 3.42. The van der Waals surface area contributed by atoms with Gasteiger partial charge in [0, 0.05) is 0 Å². The smallest absolute Gasteiger partial charge is 0.224 e. The number of benzene rings is 1. The third-order valence-corrected chi connectivity index (χ3v) is 4.40. The number of sulfonamides is 2. The van der Waals surface area contributed by atoms with E-state index in [-0.39, 0.29) is 0 Å². The first-order valence-corrected chi connectivity index (χ1v) is 7.13. The van der Waals surface area contributed by atoms with Gasteiger partial charge in [0.05, 0.1) is 0 Å². The van der Waals surface area contributed by atoms with Crippen LogP contribution in [0.25, 0.3) is 6.08 Å². The summed E-state index contributed by atoms with van der Waals surface area (Å²) in [7, 11) is -8.75. The molecule has 0 saturated carbocycles. The van der Waals surface area contributed by atoms with Crippen LogP contribution in [0.2, 0.25) is 0 Å². The van der Waals surface area contributed by atoms with Crippen molar-refractivity contribution in [1.82, 2.24) is 0 Å². The second-order valence-electron chi connectivity index (χ2n) is 2.96. The largest absolute Gasteiger partial charge is 0.250 e. The van der Waals surface area contributed by atoms with Gasteiger partial charge in [0.1, 0.15) is 0 Å². The highest BCUT2D eigenvalue weighted by atomic mass is 32.3. The van der Waals surface area contributed by atoms with Gasteiger partial charge in [-0.2, -0.15) is 0 Å². The maximum absolute atomic E-state index is 11.0. The van der Waals surface area contributed by atoms with E-state index in [1.54, 1.807) is 18.2 Å². The summed E-state index contributed by atoms with van der Waals surface area (Å²) < 4.78 is 43.1. The van der Waals surface area contributed by atoms with E-state index in [0.29, 0.717) is 5.56 Å². The van der Waals surface area contributed by atoms with Crippen molar-refractivity contribution in [3.8, 4) is 0 Å². The van der Waals surface area contributed by atoms with Crippen LogP contribution >= 0.6 is 0 Å². The normalized spacial score (nSPS) is 12.1. The average molecular weight is 262 g/mol. The third-order valence-electron chi connectivity index (χ3n) is 1.64. The minimum absolute atomic E-state index is 0.376. The first kappa shape index (κ1) is 12.8. The molecule has 0 amide bonds. The second kappa shape index (κ2) is 4.34. The molecule has 0 aliphatic rings. The van der Waals surface area contributed by atoms with E-state index in [0.717, 1.165) is 6.08 Å². The Labute approximate surface area is 93.7 Å². The molecule has 1 aromatic rings. The maximum atomic E-state index is 11.0. The Morgan fingerprint density at radius 2 is 1.38 bits per heavy atom. The zero-order valence-electron chi connectivity index (χ0n) is 8.07. The molecule has 88 valence electrons. The van der Waals surface area contributed by atoms with Gasteiger partial charge in [-0.3, -0.25) is 0 Å². The lowest BCUT2D eigenvalue weighted by molar-refractivity contribution is 0.597. The summed E-state index contributed by atoms with van der Waals surface area (Å²) in [4.78, 5) is 0. The highest BCUT2D eigenvalue weighted by Gasteiger charge is 2.23. The Morgan fingerprint density at radius 3 is 1.75 bits per heavy atom. The Morgan fingerprint density at radius 1 is 0.938 bits per heavy atom. The summed E-state index contributed by atoms with van der Waals surface area (Å²) in [5.41, 5.74) is 0.376. The van der Waals surface area contributed by atoms with E-state index in [1.807, 2.05) is 0 Å². The molecule has 0 atom stereocenters. The molecule has 8 heteroatoms. The van der Waals surface area contributed by atoms with Crippen LogP contribution in [0, 0.1) is 0 Å². The van der Waals surface area contributed by atoms with Gasteiger partial charge in [-0.15, -0.1) is 0 Å². The fourth-order valence-electron chi connectivity index (χ4n) is 1.01. The number of hydrogen-bond donors (Lipinski definition) is 2. The van der Waals surface area contributed by atoms with Crippen molar-refractivity contribution in [2.45, 2.75) is 0 Å². The van der Waals surface area contributed by atoms with Crippen molar-refractivity contribution in [2.24, 2.45) is 10.3 Å². The predicted molar refractivity (Wildman–Crippen MR) is 60.6 cm³/mol. The molecule has 0 aliphatic carbocycles. The zero-order chi connectivity index (χ0) is 12.4. The van der Waals surface area contributed by atoms with Gasteiger partial charge < -0.3 is 0 Å². The van der Waals surface area contributed by atoms with Gasteiger partial charge in [0.2, 0.25) is 20.0 Å². The Bertz CT molecular complexity index is 569. The van der Waals surface area contributed by atoms with Gasteiger partial charge in [0.15, 0.2) is 4.24 Å². The maximum Gasteiger partial charge on any atom is 0.250 e. The lowest BCUT2D eigenvalue weighted by Crippen LogP contribution is -2.26. The summed E-state index contributed by atoms with van der Waals surface area (Å²) in [5.74, 6) is 0. The van der Waals surface area contributed by atoms with Gasteiger partial charge in [-0.25, -0.2) is 27.1 Å². The SMILES string of the molecule is NS(=O)(=O)C(=Cc1ccccc1)S(N)(=O)=O. The lowest BCUT2D eigenvalue weighted by atomic mass is 10.2. The van der Waals surface area contributed by atoms with E-state index in [1.165, 1.54) is 12.1 Å². The molecule has 6 nitrogen and oxygen atoms in total. The minimum Gasteiger partial charge on any atom is -0.224 e. The van der Waals surface area contributed by atoms with Crippen molar-refractivity contribution >= 4 is 26.1 Å². The predicted octanol–water partition coefficient (Wildman–Crippen LogP) is -0.438. The van der Waals surface area contributed by atoms with Crippen molar-refractivity contribution in [1.29, 1.82) is 0 Å². The summed E-state index contributed by atoms with van der Waals surface area (Å²) in [5, 5.41) is 9.52. The first-order valence-electron chi connectivity index (χ1n) is 4.03. The van der Waals surface area contributed by atoms with Crippen LogP contribution in [0.1, 0.15) is 5.56 Å².